The highest BCUT2D eigenvalue weighted by molar-refractivity contribution is 5.70. The zero-order valence-electron chi connectivity index (χ0n) is 40.4. The molecule has 0 radical (unpaired) electrons. The lowest BCUT2D eigenvalue weighted by Gasteiger charge is -2.34. The molecule has 0 aliphatic heterocycles. The fourth-order valence-corrected chi connectivity index (χ4v) is 7.89. The van der Waals surface area contributed by atoms with E-state index in [1.165, 1.54) is 180 Å². The Balaban J connectivity index is 4.21. The Labute approximate surface area is 371 Å². The third-order valence-corrected chi connectivity index (χ3v) is 11.9. The molecule has 60 heavy (non-hydrogen) atoms. The lowest BCUT2D eigenvalue weighted by Crippen LogP contribution is -2.55. The number of allylic oxidation sites excluding steroid dienone is 2. The molecule has 8 nitrogen and oxygen atoms in total. The molecule has 0 heterocycles. The third kappa shape index (κ3) is 41.4. The van der Waals surface area contributed by atoms with Crippen LogP contribution in [0.5, 0.6) is 0 Å². The van der Waals surface area contributed by atoms with Crippen LogP contribution in [-0.4, -0.2) is 75.5 Å². The van der Waals surface area contributed by atoms with Crippen LogP contribution >= 0.6 is 0 Å². The second-order valence-electron chi connectivity index (χ2n) is 18.8. The number of carboxylic acid groups (broad SMARTS) is 1. The Hall–Kier alpha value is -1.93. The quantitative estimate of drug-likeness (QED) is 0.0260. The van der Waals surface area contributed by atoms with E-state index in [0.29, 0.717) is 12.8 Å². The molecule has 0 aromatic carbocycles. The monoisotopic (exact) mass is 850 g/mol. The number of nitrogens with zero attached hydrogens (tertiary/aromatic N) is 1. The lowest BCUT2D eigenvalue weighted by atomic mass is 10.0. The van der Waals surface area contributed by atoms with Crippen LogP contribution in [-0.2, 0) is 28.6 Å². The molecule has 0 rings (SSSR count). The van der Waals surface area contributed by atoms with Gasteiger partial charge < -0.3 is 28.6 Å². The highest BCUT2D eigenvalue weighted by atomic mass is 16.6. The number of hydrogen-bond donors (Lipinski definition) is 0. The molecule has 0 saturated heterocycles. The highest BCUT2D eigenvalue weighted by Crippen LogP contribution is 2.16. The van der Waals surface area contributed by atoms with Crippen LogP contribution in [0.3, 0.4) is 0 Å². The molecule has 0 saturated carbocycles. The Kier molecular flexibility index (Phi) is 42.3. The van der Waals surface area contributed by atoms with Gasteiger partial charge in [0.05, 0.1) is 40.3 Å². The molecule has 0 aromatic rings. The molecule has 0 aliphatic rings. The molecule has 8 heteroatoms. The summed E-state index contributed by atoms with van der Waals surface area (Å²) in [7, 11) is 5.42. The van der Waals surface area contributed by atoms with E-state index in [1.807, 2.05) is 21.1 Å². The molecule has 354 valence electrons. The van der Waals surface area contributed by atoms with E-state index in [2.05, 4.69) is 26.0 Å². The number of esters is 2. The molecule has 2 unspecified atom stereocenters. The van der Waals surface area contributed by atoms with Gasteiger partial charge in [-0.2, -0.15) is 0 Å². The van der Waals surface area contributed by atoms with Gasteiger partial charge in [0.25, 0.3) is 0 Å². The van der Waals surface area contributed by atoms with Crippen molar-refractivity contribution >= 4 is 17.9 Å². The van der Waals surface area contributed by atoms with Gasteiger partial charge >= 0.3 is 11.9 Å². The van der Waals surface area contributed by atoms with Crippen molar-refractivity contribution in [1.29, 1.82) is 0 Å². The average molecular weight is 850 g/mol. The van der Waals surface area contributed by atoms with Crippen molar-refractivity contribution in [2.45, 2.75) is 264 Å². The molecule has 0 N–H and O–H groups in total. The fraction of sp³-hybridized carbons (Fsp3) is 0.904. The molecule has 0 amide bonds. The third-order valence-electron chi connectivity index (χ3n) is 11.9. The summed E-state index contributed by atoms with van der Waals surface area (Å²) in [6, 6.07) is -0.722. The van der Waals surface area contributed by atoms with Gasteiger partial charge in [-0.3, -0.25) is 9.59 Å². The van der Waals surface area contributed by atoms with E-state index in [0.717, 1.165) is 38.5 Å². The van der Waals surface area contributed by atoms with Gasteiger partial charge in [0, 0.05) is 19.3 Å². The summed E-state index contributed by atoms with van der Waals surface area (Å²) in [6.07, 6.45) is 48.1. The van der Waals surface area contributed by atoms with Crippen LogP contribution in [0.2, 0.25) is 0 Å². The molecule has 0 spiro atoms. The summed E-state index contributed by atoms with van der Waals surface area (Å²) in [5.74, 6) is -1.72. The minimum atomic E-state index is -1.12. The van der Waals surface area contributed by atoms with Crippen molar-refractivity contribution in [3.63, 3.8) is 0 Å². The zero-order valence-corrected chi connectivity index (χ0v) is 40.4. The number of unbranched alkanes of at least 4 members (excludes halogenated alkanes) is 31. The van der Waals surface area contributed by atoms with Gasteiger partial charge in [-0.05, 0) is 38.5 Å². The number of carbonyl (C=O) groups is 3. The predicted molar refractivity (Wildman–Crippen MR) is 250 cm³/mol. The van der Waals surface area contributed by atoms with Crippen molar-refractivity contribution in [3.8, 4) is 0 Å². The Morgan fingerprint density at radius 2 is 0.833 bits per heavy atom. The summed E-state index contributed by atoms with van der Waals surface area (Å²) in [6.45, 7) is 4.70. The van der Waals surface area contributed by atoms with Crippen molar-refractivity contribution in [3.05, 3.63) is 12.2 Å². The SMILES string of the molecule is CCCCCCCCCCC/C=C/CCCCCCCCCC(=O)OCC(COCCC(C(=O)[O-])[N+](C)(C)C)OC(=O)CCCCCCCCCCCCCCCCCC. The first kappa shape index (κ1) is 58.1. The molecule has 0 aliphatic carbocycles. The number of quaternary nitrogens is 1. The molecule has 0 aromatic heterocycles. The second kappa shape index (κ2) is 43.7. The maximum atomic E-state index is 12.8. The number of likely N-dealkylation sites (N-methyl/N-ethyl adjacent to an activating group) is 1. The number of hydrogen-bond acceptors (Lipinski definition) is 7. The summed E-state index contributed by atoms with van der Waals surface area (Å²) in [4.78, 5) is 37.0. The lowest BCUT2D eigenvalue weighted by molar-refractivity contribution is -0.889. The fourth-order valence-electron chi connectivity index (χ4n) is 7.89. The van der Waals surface area contributed by atoms with E-state index in [1.54, 1.807) is 0 Å². The van der Waals surface area contributed by atoms with E-state index in [4.69, 9.17) is 14.2 Å². The van der Waals surface area contributed by atoms with Crippen LogP contribution in [0, 0.1) is 0 Å². The number of aliphatic carboxylic acids is 1. The smallest absolute Gasteiger partial charge is 0.306 e. The molecular formula is C52H99NO7. The van der Waals surface area contributed by atoms with Gasteiger partial charge in [0.15, 0.2) is 6.10 Å². The maximum absolute atomic E-state index is 12.8. The maximum Gasteiger partial charge on any atom is 0.306 e. The number of rotatable bonds is 47. The van der Waals surface area contributed by atoms with Crippen LogP contribution in [0.15, 0.2) is 12.2 Å². The summed E-state index contributed by atoms with van der Waals surface area (Å²) in [5, 5.41) is 11.7. The van der Waals surface area contributed by atoms with E-state index >= 15 is 0 Å². The largest absolute Gasteiger partial charge is 0.544 e. The Bertz CT molecular complexity index is 993. The first-order valence-electron chi connectivity index (χ1n) is 25.7. The van der Waals surface area contributed by atoms with E-state index in [9.17, 15) is 19.5 Å². The van der Waals surface area contributed by atoms with E-state index in [-0.39, 0.29) is 42.7 Å². The standard InChI is InChI=1S/C52H99NO7/c1-6-8-10-12-14-16-18-20-22-24-25-26-27-29-30-32-34-36-38-40-42-50(54)59-47-48(46-58-45-44-49(52(56)57)53(3,4)5)60-51(55)43-41-39-37-35-33-31-28-23-21-19-17-15-13-11-9-7-2/h25-26,48-49H,6-24,27-47H2,1-5H3/b26-25+. The minimum absolute atomic E-state index is 0.0456. The number of ether oxygens (including phenoxy) is 3. The molecular weight excluding hydrogens is 751 g/mol. The Morgan fingerprint density at radius 3 is 1.20 bits per heavy atom. The van der Waals surface area contributed by atoms with Crippen LogP contribution in [0.4, 0.5) is 0 Å². The van der Waals surface area contributed by atoms with Crippen molar-refractivity contribution in [1.82, 2.24) is 0 Å². The van der Waals surface area contributed by atoms with Crippen LogP contribution in [0.25, 0.3) is 0 Å². The summed E-state index contributed by atoms with van der Waals surface area (Å²) < 4.78 is 17.3. The summed E-state index contributed by atoms with van der Waals surface area (Å²) >= 11 is 0. The van der Waals surface area contributed by atoms with Crippen LogP contribution in [0.1, 0.15) is 251 Å². The topological polar surface area (TPSA) is 102 Å². The normalized spacial score (nSPS) is 12.9. The molecule has 0 bridgehead atoms. The van der Waals surface area contributed by atoms with Gasteiger partial charge in [-0.1, -0.05) is 206 Å². The number of carbonyl (C=O) groups excluding carboxylic acids is 3. The van der Waals surface area contributed by atoms with Gasteiger partial charge in [-0.15, -0.1) is 0 Å². The highest BCUT2D eigenvalue weighted by Gasteiger charge is 2.25. The second-order valence-corrected chi connectivity index (χ2v) is 18.8. The van der Waals surface area contributed by atoms with Crippen molar-refractivity contribution in [2.75, 3.05) is 41.0 Å². The predicted octanol–water partition coefficient (Wildman–Crippen LogP) is 13.3. The minimum Gasteiger partial charge on any atom is -0.544 e. The number of carboxylic acids is 1. The van der Waals surface area contributed by atoms with Crippen molar-refractivity contribution < 1.29 is 38.2 Å². The van der Waals surface area contributed by atoms with Gasteiger partial charge in [0.1, 0.15) is 12.6 Å². The molecule has 2 atom stereocenters. The Morgan fingerprint density at radius 1 is 0.483 bits per heavy atom. The van der Waals surface area contributed by atoms with Crippen LogP contribution < -0.4 is 5.11 Å². The van der Waals surface area contributed by atoms with E-state index < -0.39 is 18.1 Å². The first-order valence-corrected chi connectivity index (χ1v) is 25.7. The average Bonchev–Trinajstić information content (AvgIpc) is 3.21. The van der Waals surface area contributed by atoms with Gasteiger partial charge in [0.2, 0.25) is 0 Å². The molecule has 0 fully saturated rings. The zero-order chi connectivity index (χ0) is 44.2. The van der Waals surface area contributed by atoms with Gasteiger partial charge in [-0.25, -0.2) is 0 Å². The first-order chi connectivity index (χ1) is 29.1. The van der Waals surface area contributed by atoms with Crippen molar-refractivity contribution in [2.24, 2.45) is 0 Å². The summed E-state index contributed by atoms with van der Waals surface area (Å²) in [5.41, 5.74) is 0.